The topological polar surface area (TPSA) is 113 Å². The Hall–Kier alpha value is -4.43. The molecule has 6 aromatic heterocycles. The number of rotatable bonds is 9. The number of nitrogens with zero attached hydrogens (tertiary/aromatic N) is 3. The summed E-state index contributed by atoms with van der Waals surface area (Å²) in [5.41, 5.74) is 3.37. The van der Waals surface area contributed by atoms with Crippen molar-refractivity contribution in [2.75, 3.05) is 0 Å². The molecule has 0 amide bonds. The highest BCUT2D eigenvalue weighted by molar-refractivity contribution is 7.38. The fraction of sp³-hybridized carbons (Fsp3) is 0.206. The molecule has 0 unspecified atom stereocenters. The molecule has 2 N–H and O–H groups in total. The van der Waals surface area contributed by atoms with Crippen molar-refractivity contribution >= 4 is 64.7 Å². The highest BCUT2D eigenvalue weighted by Gasteiger charge is 2.18. The molecule has 0 aromatic carbocycles. The van der Waals surface area contributed by atoms with Crippen molar-refractivity contribution < 1.29 is 19.8 Å². The van der Waals surface area contributed by atoms with Gasteiger partial charge in [-0.25, -0.2) is 14.6 Å². The van der Waals surface area contributed by atoms with Crippen LogP contribution in [0, 0.1) is 18.8 Å². The zero-order valence-corrected chi connectivity index (χ0v) is 26.5. The molecule has 220 valence electrons. The van der Waals surface area contributed by atoms with Gasteiger partial charge in [0.05, 0.1) is 52.9 Å². The van der Waals surface area contributed by atoms with E-state index in [0.29, 0.717) is 11.4 Å². The second-order valence-corrected chi connectivity index (χ2v) is 13.7. The fourth-order valence-electron chi connectivity index (χ4n) is 5.00. The molecule has 0 saturated carbocycles. The molecule has 6 aromatic rings. The summed E-state index contributed by atoms with van der Waals surface area (Å²) in [5, 5.41) is 19.2. The Kier molecular flexibility index (Phi) is 8.53. The molecule has 44 heavy (non-hydrogen) atoms. The zero-order chi connectivity index (χ0) is 30.8. The summed E-state index contributed by atoms with van der Waals surface area (Å²) in [4.78, 5) is 39.1. The minimum atomic E-state index is -1.14. The number of carboxylic acid groups (broad SMARTS) is 2. The van der Waals surface area contributed by atoms with Gasteiger partial charge < -0.3 is 10.2 Å². The highest BCUT2D eigenvalue weighted by Crippen LogP contribution is 2.46. The van der Waals surface area contributed by atoms with E-state index >= 15 is 0 Å². The molecule has 0 saturated heterocycles. The lowest BCUT2D eigenvalue weighted by molar-refractivity contribution is 0.0686. The largest absolute Gasteiger partial charge is 0.478 e. The number of hydrogen-bond donors (Lipinski definition) is 2. The molecule has 0 aliphatic rings. The molecular weight excluding hydrogens is 611 g/mol. The molecule has 7 nitrogen and oxygen atoms in total. The van der Waals surface area contributed by atoms with Gasteiger partial charge in [-0.1, -0.05) is 38.0 Å². The van der Waals surface area contributed by atoms with Crippen molar-refractivity contribution in [1.82, 2.24) is 15.0 Å². The van der Waals surface area contributed by atoms with Gasteiger partial charge in [-0.15, -0.1) is 34.0 Å². The SMILES string of the molecule is CCCCCCc1c(C#Cc2ccnc(-c3cc(C(=O)O)cc(-c4cc(C(=O)O)ccn4)n3)c2)sc2c1sc1cc(C)sc12. The summed E-state index contributed by atoms with van der Waals surface area (Å²) >= 11 is 5.48. The van der Waals surface area contributed by atoms with E-state index in [2.05, 4.69) is 46.7 Å². The summed E-state index contributed by atoms with van der Waals surface area (Å²) < 4.78 is 5.39. The molecule has 6 rings (SSSR count). The van der Waals surface area contributed by atoms with Crippen LogP contribution in [-0.4, -0.2) is 37.1 Å². The van der Waals surface area contributed by atoms with Crippen molar-refractivity contribution in [2.45, 2.75) is 46.0 Å². The molecule has 0 bridgehead atoms. The molecule has 0 radical (unpaired) electrons. The summed E-state index contributed by atoms with van der Waals surface area (Å²) in [5.74, 6) is 4.53. The van der Waals surface area contributed by atoms with Crippen LogP contribution in [-0.2, 0) is 6.42 Å². The number of hydrogen-bond acceptors (Lipinski definition) is 8. The van der Waals surface area contributed by atoms with E-state index in [1.165, 1.54) is 79.0 Å². The van der Waals surface area contributed by atoms with Gasteiger partial charge >= 0.3 is 11.9 Å². The van der Waals surface area contributed by atoms with Crippen molar-refractivity contribution in [3.05, 3.63) is 86.9 Å². The van der Waals surface area contributed by atoms with E-state index in [0.717, 1.165) is 23.3 Å². The molecule has 0 aliphatic heterocycles. The van der Waals surface area contributed by atoms with Crippen molar-refractivity contribution in [1.29, 1.82) is 0 Å². The number of carboxylic acids is 2. The van der Waals surface area contributed by atoms with Crippen molar-refractivity contribution in [3.8, 4) is 34.6 Å². The van der Waals surface area contributed by atoms with Gasteiger partial charge in [0.2, 0.25) is 0 Å². The smallest absolute Gasteiger partial charge is 0.335 e. The van der Waals surface area contributed by atoms with Crippen molar-refractivity contribution in [2.24, 2.45) is 0 Å². The second kappa shape index (κ2) is 12.7. The maximum absolute atomic E-state index is 12.0. The predicted molar refractivity (Wildman–Crippen MR) is 178 cm³/mol. The molecule has 0 spiro atoms. The third-order valence-electron chi connectivity index (χ3n) is 7.16. The van der Waals surface area contributed by atoms with Gasteiger partial charge in [0.25, 0.3) is 0 Å². The predicted octanol–water partition coefficient (Wildman–Crippen LogP) is 8.92. The Morgan fingerprint density at radius 1 is 0.750 bits per heavy atom. The molecule has 6 heterocycles. The summed E-state index contributed by atoms with van der Waals surface area (Å²) in [7, 11) is 0. The number of pyridine rings is 3. The van der Waals surface area contributed by atoms with Gasteiger partial charge in [-0.2, -0.15) is 0 Å². The van der Waals surface area contributed by atoms with Crippen LogP contribution in [0.4, 0.5) is 0 Å². The van der Waals surface area contributed by atoms with E-state index in [9.17, 15) is 19.8 Å². The second-order valence-electron chi connectivity index (χ2n) is 10.4. The third kappa shape index (κ3) is 6.13. The Morgan fingerprint density at radius 3 is 2.18 bits per heavy atom. The lowest BCUT2D eigenvalue weighted by Crippen LogP contribution is -2.02. The Morgan fingerprint density at radius 2 is 1.45 bits per heavy atom. The average Bonchev–Trinajstić information content (AvgIpc) is 3.66. The Labute approximate surface area is 265 Å². The van der Waals surface area contributed by atoms with Gasteiger partial charge in [-0.05, 0) is 67.8 Å². The van der Waals surface area contributed by atoms with Gasteiger partial charge in [-0.3, -0.25) is 9.97 Å². The first kappa shape index (κ1) is 29.6. The number of aromatic nitrogens is 3. The standard InChI is InChI=1S/C34H27N3O4S3/c1-3-4-5-6-7-23-28(43-32-30(23)44-29-14-19(2)42-31(29)32)9-8-20-10-12-35-24(15-20)26-17-22(34(40)41)18-27(37-26)25-16-21(33(38)39)11-13-36-25/h10-18H,3-7H2,1-2H3,(H,38,39)(H,40,41). The van der Waals surface area contributed by atoms with E-state index in [-0.39, 0.29) is 22.5 Å². The Bertz CT molecular complexity index is 2110. The molecule has 0 fully saturated rings. The number of aromatic carboxylic acids is 2. The summed E-state index contributed by atoms with van der Waals surface area (Å²) in [6, 6.07) is 11.5. The van der Waals surface area contributed by atoms with E-state index in [1.54, 1.807) is 23.6 Å². The highest BCUT2D eigenvalue weighted by atomic mass is 32.1. The number of aryl methyl sites for hydroxylation is 2. The number of thiophene rings is 3. The quantitative estimate of drug-likeness (QED) is 0.120. The lowest BCUT2D eigenvalue weighted by Gasteiger charge is -2.07. The van der Waals surface area contributed by atoms with Crippen LogP contribution < -0.4 is 0 Å². The third-order valence-corrected chi connectivity index (χ3v) is 11.0. The normalized spacial score (nSPS) is 11.1. The lowest BCUT2D eigenvalue weighted by atomic mass is 10.1. The maximum Gasteiger partial charge on any atom is 0.335 e. The van der Waals surface area contributed by atoms with Gasteiger partial charge in [0.1, 0.15) is 0 Å². The van der Waals surface area contributed by atoms with Crippen LogP contribution in [0.15, 0.2) is 54.9 Å². The van der Waals surface area contributed by atoms with Crippen LogP contribution >= 0.6 is 34.0 Å². The maximum atomic E-state index is 12.0. The number of unbranched alkanes of at least 4 members (excludes halogenated alkanes) is 3. The zero-order valence-electron chi connectivity index (χ0n) is 24.0. The van der Waals surface area contributed by atoms with E-state index in [1.807, 2.05) is 28.7 Å². The first-order valence-electron chi connectivity index (χ1n) is 14.2. The summed E-state index contributed by atoms with van der Waals surface area (Å²) in [6.07, 6.45) is 8.76. The fourth-order valence-corrected chi connectivity index (χ4v) is 9.09. The first-order valence-corrected chi connectivity index (χ1v) is 16.6. The van der Waals surface area contributed by atoms with Crippen LogP contribution in [0.1, 0.15) is 74.2 Å². The minimum absolute atomic E-state index is 0.00712. The van der Waals surface area contributed by atoms with Crippen LogP contribution in [0.2, 0.25) is 0 Å². The van der Waals surface area contributed by atoms with E-state index < -0.39 is 11.9 Å². The van der Waals surface area contributed by atoms with Crippen molar-refractivity contribution in [3.63, 3.8) is 0 Å². The molecular formula is C34H27N3O4S3. The van der Waals surface area contributed by atoms with Crippen LogP contribution in [0.3, 0.4) is 0 Å². The number of carbonyl (C=O) groups is 2. The molecule has 0 atom stereocenters. The molecule has 10 heteroatoms. The van der Waals surface area contributed by atoms with Crippen LogP contribution in [0.5, 0.6) is 0 Å². The monoisotopic (exact) mass is 637 g/mol. The Balaban J connectivity index is 1.37. The summed E-state index contributed by atoms with van der Waals surface area (Å²) in [6.45, 7) is 4.37. The van der Waals surface area contributed by atoms with Gasteiger partial charge in [0, 0.05) is 27.5 Å². The average molecular weight is 638 g/mol. The van der Waals surface area contributed by atoms with Gasteiger partial charge in [0.15, 0.2) is 0 Å². The first-order chi connectivity index (χ1) is 21.3. The minimum Gasteiger partial charge on any atom is -0.478 e. The molecule has 0 aliphatic carbocycles. The number of fused-ring (bicyclic) bond motifs is 3. The van der Waals surface area contributed by atoms with E-state index in [4.69, 9.17) is 0 Å². The van der Waals surface area contributed by atoms with Crippen LogP contribution in [0.25, 0.3) is 41.6 Å².